The Morgan fingerprint density at radius 2 is 1.69 bits per heavy atom. The van der Waals surface area contributed by atoms with Crippen LogP contribution in [0, 0.1) is 0 Å². The molecule has 0 aliphatic carbocycles. The van der Waals surface area contributed by atoms with Gasteiger partial charge < -0.3 is 19.9 Å². The summed E-state index contributed by atoms with van der Waals surface area (Å²) in [6.07, 6.45) is 0. The smallest absolute Gasteiger partial charge is 0.338 e. The minimum absolute atomic E-state index is 0.114. The van der Waals surface area contributed by atoms with Crippen LogP contribution in [0.5, 0.6) is 0 Å². The SMILES string of the molecule is CCOC(=O)c1ccc(NC(=O)CSc2nnc(C(C)NC(=O)c3ccc(Cl)cc3)n2CC)cc1. The van der Waals surface area contributed by atoms with Crippen molar-refractivity contribution in [2.45, 2.75) is 38.5 Å². The van der Waals surface area contributed by atoms with Crippen molar-refractivity contribution in [2.24, 2.45) is 0 Å². The van der Waals surface area contributed by atoms with E-state index in [0.29, 0.717) is 46.0 Å². The molecule has 3 rings (SSSR count). The van der Waals surface area contributed by atoms with Crippen molar-refractivity contribution in [3.63, 3.8) is 0 Å². The van der Waals surface area contributed by atoms with Gasteiger partial charge in [-0.05, 0) is 69.3 Å². The van der Waals surface area contributed by atoms with Crippen LogP contribution in [0.2, 0.25) is 5.02 Å². The van der Waals surface area contributed by atoms with Crippen LogP contribution in [0.1, 0.15) is 53.4 Å². The molecule has 184 valence electrons. The normalized spacial score (nSPS) is 11.5. The first-order valence-corrected chi connectivity index (χ1v) is 12.4. The standard InChI is InChI=1S/C24H26ClN5O4S/c1-4-30-21(15(3)26-22(32)16-6-10-18(25)11-7-16)28-29-24(30)35-14-20(31)27-19-12-8-17(9-13-19)23(33)34-5-2/h6-13,15H,4-5,14H2,1-3H3,(H,26,32)(H,27,31). The molecule has 0 saturated carbocycles. The second-order valence-electron chi connectivity index (χ2n) is 7.42. The molecule has 3 aromatic rings. The Balaban J connectivity index is 1.57. The third kappa shape index (κ3) is 7.06. The number of halogens is 1. The molecule has 35 heavy (non-hydrogen) atoms. The van der Waals surface area contributed by atoms with Crippen molar-refractivity contribution in [1.29, 1.82) is 0 Å². The van der Waals surface area contributed by atoms with E-state index in [1.807, 2.05) is 18.4 Å². The summed E-state index contributed by atoms with van der Waals surface area (Å²) in [7, 11) is 0. The fraction of sp³-hybridized carbons (Fsp3) is 0.292. The van der Waals surface area contributed by atoms with Crippen LogP contribution in [0.3, 0.4) is 0 Å². The van der Waals surface area contributed by atoms with Gasteiger partial charge in [-0.25, -0.2) is 4.79 Å². The predicted octanol–water partition coefficient (Wildman–Crippen LogP) is 4.35. The van der Waals surface area contributed by atoms with Gasteiger partial charge in [0.25, 0.3) is 5.91 Å². The number of carbonyl (C=O) groups is 3. The van der Waals surface area contributed by atoms with Crippen molar-refractivity contribution in [1.82, 2.24) is 20.1 Å². The summed E-state index contributed by atoms with van der Waals surface area (Å²) < 4.78 is 6.81. The lowest BCUT2D eigenvalue weighted by Gasteiger charge is -2.15. The summed E-state index contributed by atoms with van der Waals surface area (Å²) in [5.74, 6) is -0.178. The first-order chi connectivity index (χ1) is 16.8. The maximum absolute atomic E-state index is 12.5. The topological polar surface area (TPSA) is 115 Å². The van der Waals surface area contributed by atoms with Gasteiger partial charge in [-0.15, -0.1) is 10.2 Å². The highest BCUT2D eigenvalue weighted by Crippen LogP contribution is 2.21. The molecule has 1 unspecified atom stereocenters. The molecule has 0 fully saturated rings. The minimum Gasteiger partial charge on any atom is -0.462 e. The van der Waals surface area contributed by atoms with Gasteiger partial charge in [0.1, 0.15) is 0 Å². The number of ether oxygens (including phenoxy) is 1. The van der Waals surface area contributed by atoms with E-state index < -0.39 is 12.0 Å². The zero-order chi connectivity index (χ0) is 25.4. The molecule has 1 heterocycles. The van der Waals surface area contributed by atoms with Crippen molar-refractivity contribution < 1.29 is 19.1 Å². The molecule has 2 aromatic carbocycles. The molecule has 2 amide bonds. The zero-order valence-corrected chi connectivity index (χ0v) is 21.2. The van der Waals surface area contributed by atoms with Crippen LogP contribution in [0.15, 0.2) is 53.7 Å². The third-order valence-electron chi connectivity index (χ3n) is 4.92. The number of nitrogens with zero attached hydrogens (tertiary/aromatic N) is 3. The lowest BCUT2D eigenvalue weighted by molar-refractivity contribution is -0.113. The summed E-state index contributed by atoms with van der Waals surface area (Å²) in [6.45, 7) is 6.38. The Morgan fingerprint density at radius 1 is 1.03 bits per heavy atom. The van der Waals surface area contributed by atoms with E-state index in [9.17, 15) is 14.4 Å². The molecule has 0 bridgehead atoms. The largest absolute Gasteiger partial charge is 0.462 e. The molecule has 0 aliphatic heterocycles. The average molecular weight is 516 g/mol. The van der Waals surface area contributed by atoms with Crippen molar-refractivity contribution >= 4 is 46.8 Å². The number of anilines is 1. The molecule has 0 radical (unpaired) electrons. The summed E-state index contributed by atoms with van der Waals surface area (Å²) >= 11 is 7.13. The first-order valence-electron chi connectivity index (χ1n) is 11.0. The number of amides is 2. The second kappa shape index (κ2) is 12.4. The predicted molar refractivity (Wildman–Crippen MR) is 135 cm³/mol. The number of hydrogen-bond donors (Lipinski definition) is 2. The van der Waals surface area contributed by atoms with E-state index in [1.165, 1.54) is 11.8 Å². The molecular formula is C24H26ClN5O4S. The monoisotopic (exact) mass is 515 g/mol. The van der Waals surface area contributed by atoms with Crippen molar-refractivity contribution in [2.75, 3.05) is 17.7 Å². The summed E-state index contributed by atoms with van der Waals surface area (Å²) in [5.41, 5.74) is 1.48. The number of aromatic nitrogens is 3. The maximum atomic E-state index is 12.5. The van der Waals surface area contributed by atoms with Gasteiger partial charge in [0.2, 0.25) is 5.91 Å². The molecule has 1 atom stereocenters. The number of nitrogens with one attached hydrogen (secondary N) is 2. The van der Waals surface area contributed by atoms with E-state index in [2.05, 4.69) is 20.8 Å². The van der Waals surface area contributed by atoms with Crippen molar-refractivity contribution in [3.05, 3.63) is 70.5 Å². The highest BCUT2D eigenvalue weighted by molar-refractivity contribution is 7.99. The molecule has 2 N–H and O–H groups in total. The maximum Gasteiger partial charge on any atom is 0.338 e. The second-order valence-corrected chi connectivity index (χ2v) is 8.80. The van der Waals surface area contributed by atoms with Gasteiger partial charge in [0.15, 0.2) is 11.0 Å². The van der Waals surface area contributed by atoms with Gasteiger partial charge in [-0.3, -0.25) is 9.59 Å². The van der Waals surface area contributed by atoms with E-state index in [1.54, 1.807) is 55.5 Å². The number of hydrogen-bond acceptors (Lipinski definition) is 7. The van der Waals surface area contributed by atoms with Crippen LogP contribution in [-0.2, 0) is 16.1 Å². The zero-order valence-electron chi connectivity index (χ0n) is 19.6. The van der Waals surface area contributed by atoms with Gasteiger partial charge in [0, 0.05) is 22.8 Å². The molecule has 0 saturated heterocycles. The van der Waals surface area contributed by atoms with Crippen molar-refractivity contribution in [3.8, 4) is 0 Å². The van der Waals surface area contributed by atoms with Crippen LogP contribution in [0.4, 0.5) is 5.69 Å². The highest BCUT2D eigenvalue weighted by atomic mass is 35.5. The summed E-state index contributed by atoms with van der Waals surface area (Å²) in [5, 5.41) is 15.3. The van der Waals surface area contributed by atoms with Gasteiger partial charge in [0.05, 0.1) is 24.0 Å². The molecule has 0 spiro atoms. The molecule has 9 nitrogen and oxygen atoms in total. The number of thioether (sulfide) groups is 1. The Bertz CT molecular complexity index is 1180. The Hall–Kier alpha value is -3.37. The first kappa shape index (κ1) is 26.2. The molecule has 0 aliphatic rings. The van der Waals surface area contributed by atoms with Crippen LogP contribution >= 0.6 is 23.4 Å². The molecule has 11 heteroatoms. The van der Waals surface area contributed by atoms with E-state index in [-0.39, 0.29) is 17.6 Å². The van der Waals surface area contributed by atoms with Gasteiger partial charge >= 0.3 is 5.97 Å². The average Bonchev–Trinajstić information content (AvgIpc) is 3.27. The number of carbonyl (C=O) groups excluding carboxylic acids is 3. The van der Waals surface area contributed by atoms with E-state index in [4.69, 9.17) is 16.3 Å². The number of rotatable bonds is 10. The number of benzene rings is 2. The van der Waals surface area contributed by atoms with Crippen LogP contribution in [-0.4, -0.2) is 44.9 Å². The fourth-order valence-electron chi connectivity index (χ4n) is 3.20. The Labute approximate surface area is 212 Å². The lowest BCUT2D eigenvalue weighted by atomic mass is 10.2. The Morgan fingerprint density at radius 3 is 2.31 bits per heavy atom. The Kier molecular flexibility index (Phi) is 9.27. The van der Waals surface area contributed by atoms with Gasteiger partial charge in [-0.1, -0.05) is 23.4 Å². The summed E-state index contributed by atoms with van der Waals surface area (Å²) in [6, 6.07) is 12.7. The fourth-order valence-corrected chi connectivity index (χ4v) is 4.14. The summed E-state index contributed by atoms with van der Waals surface area (Å²) in [4.78, 5) is 36.7. The number of esters is 1. The highest BCUT2D eigenvalue weighted by Gasteiger charge is 2.20. The molecule has 1 aromatic heterocycles. The van der Waals surface area contributed by atoms with E-state index in [0.717, 1.165) is 0 Å². The minimum atomic E-state index is -0.408. The van der Waals surface area contributed by atoms with Crippen LogP contribution < -0.4 is 10.6 Å². The third-order valence-corrected chi connectivity index (χ3v) is 6.13. The lowest BCUT2D eigenvalue weighted by Crippen LogP contribution is -2.28. The van der Waals surface area contributed by atoms with E-state index >= 15 is 0 Å². The van der Waals surface area contributed by atoms with Gasteiger partial charge in [-0.2, -0.15) is 0 Å². The molecular weight excluding hydrogens is 490 g/mol. The quantitative estimate of drug-likeness (QED) is 0.304. The van der Waals surface area contributed by atoms with Crippen LogP contribution in [0.25, 0.3) is 0 Å².